The van der Waals surface area contributed by atoms with E-state index in [1.807, 2.05) is 6.07 Å². The number of nitrogens with zero attached hydrogens (tertiary/aromatic N) is 1. The average Bonchev–Trinajstić information content (AvgIpc) is 2.47. The van der Waals surface area contributed by atoms with Crippen molar-refractivity contribution in [2.75, 3.05) is 6.54 Å². The molecule has 6 heteroatoms. The van der Waals surface area contributed by atoms with Crippen LogP contribution in [-0.2, 0) is 23.0 Å². The predicted octanol–water partition coefficient (Wildman–Crippen LogP) is 2.28. The third-order valence-corrected chi connectivity index (χ3v) is 5.48. The minimum atomic E-state index is -3.65. The Hall–Kier alpha value is -1.92. The van der Waals surface area contributed by atoms with E-state index in [4.69, 9.17) is 0 Å². The van der Waals surface area contributed by atoms with Crippen molar-refractivity contribution in [2.24, 2.45) is 0 Å². The summed E-state index contributed by atoms with van der Waals surface area (Å²) in [6.07, 6.45) is 0.593. The molecule has 1 aliphatic heterocycles. The van der Waals surface area contributed by atoms with Crippen LogP contribution in [0.3, 0.4) is 0 Å². The Bertz CT molecular complexity index is 772. The van der Waals surface area contributed by atoms with Crippen LogP contribution in [0.4, 0.5) is 4.39 Å². The van der Waals surface area contributed by atoms with Crippen LogP contribution in [0.2, 0.25) is 0 Å². The fraction of sp³-hybridized carbons (Fsp3) is 0.200. The Morgan fingerprint density at radius 3 is 2.48 bits per heavy atom. The lowest BCUT2D eigenvalue weighted by Gasteiger charge is -2.28. The van der Waals surface area contributed by atoms with Gasteiger partial charge in [-0.05, 0) is 53.9 Å². The van der Waals surface area contributed by atoms with E-state index < -0.39 is 15.8 Å². The summed E-state index contributed by atoms with van der Waals surface area (Å²) in [5, 5.41) is 9.52. The second-order valence-electron chi connectivity index (χ2n) is 5.00. The summed E-state index contributed by atoms with van der Waals surface area (Å²) in [6.45, 7) is 0.584. The third-order valence-electron chi connectivity index (χ3n) is 3.62. The molecule has 2 aromatic carbocycles. The third kappa shape index (κ3) is 2.64. The molecule has 0 aromatic heterocycles. The van der Waals surface area contributed by atoms with Gasteiger partial charge in [0.25, 0.3) is 0 Å². The SMILES string of the molecule is O=S(=O)(c1ccc(F)cc1)N1CCc2ccc(O)cc2C1. The van der Waals surface area contributed by atoms with E-state index in [0.717, 1.165) is 23.3 Å². The molecule has 1 heterocycles. The van der Waals surface area contributed by atoms with Crippen molar-refractivity contribution in [3.05, 3.63) is 59.4 Å². The fourth-order valence-electron chi connectivity index (χ4n) is 2.48. The summed E-state index contributed by atoms with van der Waals surface area (Å²) >= 11 is 0. The molecule has 0 aliphatic carbocycles. The van der Waals surface area contributed by atoms with E-state index in [1.54, 1.807) is 12.1 Å². The fourth-order valence-corrected chi connectivity index (χ4v) is 3.90. The standard InChI is InChI=1S/C15H14FNO3S/c16-13-2-5-15(6-3-13)21(19,20)17-8-7-11-1-4-14(18)9-12(11)10-17/h1-6,9,18H,7-8,10H2. The lowest BCUT2D eigenvalue weighted by molar-refractivity contribution is 0.389. The molecule has 2 aromatic rings. The van der Waals surface area contributed by atoms with E-state index in [0.29, 0.717) is 13.0 Å². The lowest BCUT2D eigenvalue weighted by atomic mass is 10.0. The molecule has 0 amide bonds. The van der Waals surface area contributed by atoms with E-state index in [1.165, 1.54) is 16.4 Å². The average molecular weight is 307 g/mol. The summed E-state index contributed by atoms with van der Waals surface area (Å²) in [7, 11) is -3.65. The zero-order chi connectivity index (χ0) is 15.0. The molecule has 0 unspecified atom stereocenters. The van der Waals surface area contributed by atoms with Crippen molar-refractivity contribution in [3.8, 4) is 5.75 Å². The molecule has 0 atom stereocenters. The molecular formula is C15H14FNO3S. The van der Waals surface area contributed by atoms with Gasteiger partial charge in [-0.3, -0.25) is 0 Å². The number of sulfonamides is 1. The molecule has 0 saturated heterocycles. The predicted molar refractivity (Wildman–Crippen MR) is 75.8 cm³/mol. The number of phenols is 1. The highest BCUT2D eigenvalue weighted by atomic mass is 32.2. The molecule has 21 heavy (non-hydrogen) atoms. The van der Waals surface area contributed by atoms with Crippen molar-refractivity contribution < 1.29 is 17.9 Å². The monoisotopic (exact) mass is 307 g/mol. The Labute approximate surface area is 122 Å². The van der Waals surface area contributed by atoms with Crippen molar-refractivity contribution in [1.29, 1.82) is 0 Å². The topological polar surface area (TPSA) is 57.6 Å². The van der Waals surface area contributed by atoms with E-state index >= 15 is 0 Å². The highest BCUT2D eigenvalue weighted by molar-refractivity contribution is 7.89. The van der Waals surface area contributed by atoms with Crippen LogP contribution in [0.1, 0.15) is 11.1 Å². The lowest BCUT2D eigenvalue weighted by Crippen LogP contribution is -2.35. The Kier molecular flexibility index (Phi) is 3.43. The van der Waals surface area contributed by atoms with Crippen molar-refractivity contribution >= 4 is 10.0 Å². The second kappa shape index (κ2) is 5.13. The molecule has 1 aliphatic rings. The first-order chi connectivity index (χ1) is 9.96. The molecule has 4 nitrogen and oxygen atoms in total. The van der Waals surface area contributed by atoms with E-state index in [2.05, 4.69) is 0 Å². The number of aromatic hydroxyl groups is 1. The summed E-state index contributed by atoms with van der Waals surface area (Å²) < 4.78 is 39.3. The molecular weight excluding hydrogens is 293 g/mol. The molecule has 0 saturated carbocycles. The van der Waals surface area contributed by atoms with Gasteiger partial charge in [0, 0.05) is 13.1 Å². The number of halogens is 1. The van der Waals surface area contributed by atoms with Crippen LogP contribution in [0.5, 0.6) is 5.75 Å². The molecule has 3 rings (SSSR count). The molecule has 1 N–H and O–H groups in total. The van der Waals surface area contributed by atoms with Crippen LogP contribution < -0.4 is 0 Å². The van der Waals surface area contributed by atoms with Gasteiger partial charge >= 0.3 is 0 Å². The summed E-state index contributed by atoms with van der Waals surface area (Å²) in [5.41, 5.74) is 1.84. The van der Waals surface area contributed by atoms with Gasteiger partial charge in [-0.25, -0.2) is 12.8 Å². The van der Waals surface area contributed by atoms with Crippen molar-refractivity contribution in [1.82, 2.24) is 4.31 Å². The largest absolute Gasteiger partial charge is 0.508 e. The first kappa shape index (κ1) is 14.0. The number of fused-ring (bicyclic) bond motifs is 1. The summed E-state index contributed by atoms with van der Waals surface area (Å²) in [6, 6.07) is 9.80. The zero-order valence-electron chi connectivity index (χ0n) is 11.2. The van der Waals surface area contributed by atoms with Gasteiger partial charge < -0.3 is 5.11 Å². The number of benzene rings is 2. The van der Waals surface area contributed by atoms with Crippen molar-refractivity contribution in [2.45, 2.75) is 17.9 Å². The quantitative estimate of drug-likeness (QED) is 0.926. The Morgan fingerprint density at radius 1 is 1.05 bits per heavy atom. The second-order valence-corrected chi connectivity index (χ2v) is 6.93. The number of hydrogen-bond donors (Lipinski definition) is 1. The van der Waals surface area contributed by atoms with Crippen LogP contribution in [0.15, 0.2) is 47.4 Å². The summed E-state index contributed by atoms with van der Waals surface area (Å²) in [5.74, 6) is -0.349. The molecule has 0 fully saturated rings. The molecule has 0 bridgehead atoms. The van der Waals surface area contributed by atoms with Crippen LogP contribution in [-0.4, -0.2) is 24.4 Å². The highest BCUT2D eigenvalue weighted by Gasteiger charge is 2.28. The maximum Gasteiger partial charge on any atom is 0.243 e. The van der Waals surface area contributed by atoms with E-state index in [-0.39, 0.29) is 17.2 Å². The zero-order valence-corrected chi connectivity index (χ0v) is 12.0. The van der Waals surface area contributed by atoms with Crippen LogP contribution in [0.25, 0.3) is 0 Å². The maximum absolute atomic E-state index is 12.9. The normalized spacial score (nSPS) is 15.7. The Balaban J connectivity index is 1.93. The molecule has 110 valence electrons. The molecule has 0 spiro atoms. The van der Waals surface area contributed by atoms with Gasteiger partial charge in [0.2, 0.25) is 10.0 Å². The van der Waals surface area contributed by atoms with Gasteiger partial charge in [0.1, 0.15) is 11.6 Å². The summed E-state index contributed by atoms with van der Waals surface area (Å²) in [4.78, 5) is 0.0764. The first-order valence-corrected chi connectivity index (χ1v) is 7.97. The van der Waals surface area contributed by atoms with Gasteiger partial charge in [-0.15, -0.1) is 0 Å². The van der Waals surface area contributed by atoms with Gasteiger partial charge in [-0.2, -0.15) is 4.31 Å². The number of phenolic OH excluding ortho intramolecular Hbond substituents is 1. The Morgan fingerprint density at radius 2 is 1.76 bits per heavy atom. The molecule has 0 radical (unpaired) electrons. The minimum absolute atomic E-state index is 0.0764. The van der Waals surface area contributed by atoms with Crippen LogP contribution >= 0.6 is 0 Å². The van der Waals surface area contributed by atoms with Crippen molar-refractivity contribution in [3.63, 3.8) is 0 Å². The van der Waals surface area contributed by atoms with Crippen LogP contribution in [0, 0.1) is 5.82 Å². The minimum Gasteiger partial charge on any atom is -0.508 e. The first-order valence-electron chi connectivity index (χ1n) is 6.53. The van der Waals surface area contributed by atoms with Gasteiger partial charge in [-0.1, -0.05) is 6.07 Å². The van der Waals surface area contributed by atoms with Gasteiger partial charge in [0.15, 0.2) is 0 Å². The highest BCUT2D eigenvalue weighted by Crippen LogP contribution is 2.27. The smallest absolute Gasteiger partial charge is 0.243 e. The number of hydrogen-bond acceptors (Lipinski definition) is 3. The number of rotatable bonds is 2. The van der Waals surface area contributed by atoms with Gasteiger partial charge in [0.05, 0.1) is 4.90 Å². The maximum atomic E-state index is 12.9. The van der Waals surface area contributed by atoms with E-state index in [9.17, 15) is 17.9 Å².